The van der Waals surface area contributed by atoms with Crippen LogP contribution in [0.3, 0.4) is 0 Å². The normalized spacial score (nSPS) is 8.75. The molecule has 0 bridgehead atoms. The smallest absolute Gasteiger partial charge is 0.309 e. The first-order valence-electron chi connectivity index (χ1n) is 4.43. The van der Waals surface area contributed by atoms with Crippen LogP contribution in [0.1, 0.15) is 12.5 Å². The fourth-order valence-electron chi connectivity index (χ4n) is 0.886. The second-order valence-corrected chi connectivity index (χ2v) is 4.30. The van der Waals surface area contributed by atoms with Gasteiger partial charge in [0, 0.05) is 11.4 Å². The van der Waals surface area contributed by atoms with E-state index >= 15 is 0 Å². The summed E-state index contributed by atoms with van der Waals surface area (Å²) in [5, 5.41) is -0.361. The Bertz CT molecular complexity index is 362. The molecule has 0 saturated heterocycles. The third kappa shape index (κ3) is 8.44. The molecule has 5 heteroatoms. The molecule has 0 aliphatic carbocycles. The van der Waals surface area contributed by atoms with Gasteiger partial charge in [-0.3, -0.25) is 9.59 Å². The van der Waals surface area contributed by atoms with Crippen molar-refractivity contribution in [2.45, 2.75) is 13.3 Å². The molecular formula is C11H12BrClO3. The molecule has 0 amide bonds. The minimum absolute atomic E-state index is 0.215. The van der Waals surface area contributed by atoms with Gasteiger partial charge in [0.25, 0.3) is 0 Å². The zero-order valence-electron chi connectivity index (χ0n) is 9.00. The molecule has 3 nitrogen and oxygen atoms in total. The Morgan fingerprint density at radius 1 is 1.44 bits per heavy atom. The summed E-state index contributed by atoms with van der Waals surface area (Å²) < 4.78 is 5.52. The van der Waals surface area contributed by atoms with Crippen molar-refractivity contribution < 1.29 is 14.3 Å². The Balaban J connectivity index is 0.000000487. The van der Waals surface area contributed by atoms with Crippen LogP contribution in [0.2, 0.25) is 0 Å². The Labute approximate surface area is 108 Å². The van der Waals surface area contributed by atoms with Crippen molar-refractivity contribution in [3.05, 3.63) is 34.3 Å². The number of esters is 1. The maximum atomic E-state index is 10.9. The van der Waals surface area contributed by atoms with Crippen LogP contribution in [0, 0.1) is 0 Å². The van der Waals surface area contributed by atoms with Crippen LogP contribution in [0.4, 0.5) is 0 Å². The van der Waals surface area contributed by atoms with Gasteiger partial charge in [-0.2, -0.15) is 0 Å². The lowest BCUT2D eigenvalue weighted by Crippen LogP contribution is -2.03. The van der Waals surface area contributed by atoms with Crippen molar-refractivity contribution in [2.24, 2.45) is 0 Å². The van der Waals surface area contributed by atoms with Gasteiger partial charge in [0.1, 0.15) is 0 Å². The molecule has 0 radical (unpaired) electrons. The molecule has 0 unspecified atom stereocenters. The van der Waals surface area contributed by atoms with Gasteiger partial charge in [0.05, 0.1) is 13.5 Å². The van der Waals surface area contributed by atoms with Gasteiger partial charge in [0.15, 0.2) is 0 Å². The summed E-state index contributed by atoms with van der Waals surface area (Å²) in [4.78, 5) is 20.1. The van der Waals surface area contributed by atoms with E-state index in [0.717, 1.165) is 10.0 Å². The fourth-order valence-corrected chi connectivity index (χ4v) is 1.33. The molecule has 16 heavy (non-hydrogen) atoms. The van der Waals surface area contributed by atoms with Crippen LogP contribution in [0.25, 0.3) is 0 Å². The quantitative estimate of drug-likeness (QED) is 0.623. The van der Waals surface area contributed by atoms with Gasteiger partial charge in [-0.1, -0.05) is 28.1 Å². The van der Waals surface area contributed by atoms with Crippen LogP contribution in [0.15, 0.2) is 28.7 Å². The largest absolute Gasteiger partial charge is 0.469 e. The second-order valence-electron chi connectivity index (χ2n) is 2.85. The number of halogens is 2. The minimum Gasteiger partial charge on any atom is -0.469 e. The molecular weight excluding hydrogens is 295 g/mol. The monoisotopic (exact) mass is 306 g/mol. The summed E-state index contributed by atoms with van der Waals surface area (Å²) in [6, 6.07) is 7.60. The molecule has 0 spiro atoms. The van der Waals surface area contributed by atoms with E-state index in [2.05, 4.69) is 32.3 Å². The van der Waals surface area contributed by atoms with Crippen LogP contribution in [0.5, 0.6) is 0 Å². The molecule has 0 aliphatic heterocycles. The lowest BCUT2D eigenvalue weighted by atomic mass is 10.2. The highest BCUT2D eigenvalue weighted by Crippen LogP contribution is 2.12. The number of ether oxygens (including phenoxy) is 1. The number of methoxy groups -OCH3 is 1. The molecule has 0 fully saturated rings. The van der Waals surface area contributed by atoms with Gasteiger partial charge in [-0.25, -0.2) is 0 Å². The number of rotatable bonds is 2. The lowest BCUT2D eigenvalue weighted by Gasteiger charge is -1.99. The van der Waals surface area contributed by atoms with Gasteiger partial charge in [-0.15, -0.1) is 0 Å². The summed E-state index contributed by atoms with van der Waals surface area (Å²) in [7, 11) is 1.39. The van der Waals surface area contributed by atoms with E-state index in [1.165, 1.54) is 14.0 Å². The van der Waals surface area contributed by atoms with Crippen molar-refractivity contribution >= 4 is 38.7 Å². The minimum atomic E-state index is -0.361. The van der Waals surface area contributed by atoms with Gasteiger partial charge in [-0.05, 0) is 29.3 Å². The number of hydrogen-bond donors (Lipinski definition) is 0. The maximum absolute atomic E-state index is 10.9. The van der Waals surface area contributed by atoms with Crippen molar-refractivity contribution in [2.75, 3.05) is 7.11 Å². The van der Waals surface area contributed by atoms with Gasteiger partial charge < -0.3 is 4.74 Å². The topological polar surface area (TPSA) is 43.4 Å². The molecule has 0 N–H and O–H groups in total. The van der Waals surface area contributed by atoms with E-state index < -0.39 is 0 Å². The average Bonchev–Trinajstić information content (AvgIpc) is 2.16. The predicted molar refractivity (Wildman–Crippen MR) is 66.4 cm³/mol. The van der Waals surface area contributed by atoms with Crippen LogP contribution >= 0.6 is 27.5 Å². The lowest BCUT2D eigenvalue weighted by molar-refractivity contribution is -0.139. The van der Waals surface area contributed by atoms with Gasteiger partial charge >= 0.3 is 5.97 Å². The second kappa shape index (κ2) is 8.30. The number of carbonyl (C=O) groups is 2. The Hall–Kier alpha value is -0.870. The standard InChI is InChI=1S/C9H9BrO2.C2H3ClO/c1-12-9(11)6-7-3-2-4-8(10)5-7;1-2(3)4/h2-5H,6H2,1H3;1H3. The predicted octanol–water partition coefficient (Wildman–Crippen LogP) is 2.94. The molecule has 88 valence electrons. The van der Waals surface area contributed by atoms with Gasteiger partial charge in [0.2, 0.25) is 5.24 Å². The summed E-state index contributed by atoms with van der Waals surface area (Å²) in [5.41, 5.74) is 0.955. The summed E-state index contributed by atoms with van der Waals surface area (Å²) in [5.74, 6) is -0.215. The summed E-state index contributed by atoms with van der Waals surface area (Å²) in [6.07, 6.45) is 0.329. The molecule has 1 aromatic rings. The van der Waals surface area contributed by atoms with Crippen molar-refractivity contribution in [3.8, 4) is 0 Å². The number of benzene rings is 1. The molecule has 0 aromatic heterocycles. The van der Waals surface area contributed by atoms with Crippen molar-refractivity contribution in [1.29, 1.82) is 0 Å². The first kappa shape index (κ1) is 15.1. The zero-order valence-corrected chi connectivity index (χ0v) is 11.3. The summed E-state index contributed by atoms with van der Waals surface area (Å²) in [6.45, 7) is 1.29. The first-order chi connectivity index (χ1) is 7.45. The van der Waals surface area contributed by atoms with Crippen LogP contribution in [-0.2, 0) is 20.7 Å². The average molecular weight is 308 g/mol. The van der Waals surface area contributed by atoms with E-state index in [0.29, 0.717) is 6.42 Å². The maximum Gasteiger partial charge on any atom is 0.309 e. The molecule has 0 atom stereocenters. The summed E-state index contributed by atoms with van der Waals surface area (Å²) >= 11 is 7.96. The zero-order chi connectivity index (χ0) is 12.6. The van der Waals surface area contributed by atoms with E-state index in [4.69, 9.17) is 0 Å². The van der Waals surface area contributed by atoms with Crippen LogP contribution < -0.4 is 0 Å². The SMILES string of the molecule is CC(=O)Cl.COC(=O)Cc1cccc(Br)c1. The number of carbonyl (C=O) groups excluding carboxylic acids is 2. The first-order valence-corrected chi connectivity index (χ1v) is 5.60. The third-order valence-electron chi connectivity index (χ3n) is 1.47. The Morgan fingerprint density at radius 2 is 2.00 bits per heavy atom. The highest BCUT2D eigenvalue weighted by Gasteiger charge is 2.01. The van der Waals surface area contributed by atoms with E-state index in [1.54, 1.807) is 0 Å². The molecule has 0 heterocycles. The number of hydrogen-bond acceptors (Lipinski definition) is 3. The highest BCUT2D eigenvalue weighted by molar-refractivity contribution is 9.10. The Morgan fingerprint density at radius 3 is 2.44 bits per heavy atom. The highest BCUT2D eigenvalue weighted by atomic mass is 79.9. The van der Waals surface area contributed by atoms with Crippen LogP contribution in [-0.4, -0.2) is 18.3 Å². The molecule has 0 aliphatic rings. The van der Waals surface area contributed by atoms with E-state index in [9.17, 15) is 9.59 Å². The molecule has 1 rings (SSSR count). The van der Waals surface area contributed by atoms with Crippen molar-refractivity contribution in [3.63, 3.8) is 0 Å². The van der Waals surface area contributed by atoms with Crippen molar-refractivity contribution in [1.82, 2.24) is 0 Å². The molecule has 1 aromatic carbocycles. The fraction of sp³-hybridized carbons (Fsp3) is 0.273. The van der Waals surface area contributed by atoms with E-state index in [1.807, 2.05) is 24.3 Å². The third-order valence-corrected chi connectivity index (χ3v) is 1.96. The molecule has 0 saturated carbocycles. The van der Waals surface area contributed by atoms with E-state index in [-0.39, 0.29) is 11.2 Å². The Kier molecular flexibility index (Phi) is 7.85.